The Bertz CT molecular complexity index is 651. The number of likely N-dealkylation sites (N-methyl/N-ethyl adjacent to an activating group) is 2. The van der Waals surface area contributed by atoms with Gasteiger partial charge in [-0.15, -0.1) is 0 Å². The summed E-state index contributed by atoms with van der Waals surface area (Å²) in [6.07, 6.45) is 8.63. The normalized spacial score (nSPS) is 31.3. The molecule has 0 N–H and O–H groups in total. The van der Waals surface area contributed by atoms with E-state index in [1.807, 2.05) is 36.2 Å². The predicted octanol–water partition coefficient (Wildman–Crippen LogP) is 3.80. The molecule has 148 valence electrons. The van der Waals surface area contributed by atoms with E-state index < -0.39 is 0 Å². The number of nitrogens with zero attached hydrogens (tertiary/aromatic N) is 2. The summed E-state index contributed by atoms with van der Waals surface area (Å²) in [7, 11) is 5.71. The molecule has 0 aliphatic heterocycles. The summed E-state index contributed by atoms with van der Waals surface area (Å²) >= 11 is 0. The molecule has 27 heavy (non-hydrogen) atoms. The smallest absolute Gasteiger partial charge is 0.236 e. The Balaban J connectivity index is 1.31. The van der Waals surface area contributed by atoms with E-state index in [0.29, 0.717) is 18.5 Å². The van der Waals surface area contributed by atoms with Crippen molar-refractivity contribution in [2.24, 2.45) is 23.2 Å². The summed E-state index contributed by atoms with van der Waals surface area (Å²) in [6.45, 7) is 2.23. The van der Waals surface area contributed by atoms with Crippen LogP contribution in [0.2, 0.25) is 0 Å². The van der Waals surface area contributed by atoms with Crippen molar-refractivity contribution in [1.29, 1.82) is 0 Å². The fourth-order valence-corrected chi connectivity index (χ4v) is 6.60. The zero-order valence-corrected chi connectivity index (χ0v) is 17.1. The van der Waals surface area contributed by atoms with Gasteiger partial charge in [-0.1, -0.05) is 12.1 Å². The minimum absolute atomic E-state index is 0.199. The Morgan fingerprint density at radius 3 is 2.33 bits per heavy atom. The molecular formula is C23H34N2O2. The van der Waals surface area contributed by atoms with Gasteiger partial charge in [-0.2, -0.15) is 0 Å². The van der Waals surface area contributed by atoms with E-state index >= 15 is 0 Å². The van der Waals surface area contributed by atoms with E-state index in [1.165, 1.54) is 38.5 Å². The maximum Gasteiger partial charge on any atom is 0.236 e. The number of hydrogen-bond acceptors (Lipinski definition) is 3. The number of rotatable bonds is 7. The highest BCUT2D eigenvalue weighted by atomic mass is 16.5. The molecule has 4 saturated carbocycles. The zero-order chi connectivity index (χ0) is 19.0. The average Bonchev–Trinajstić information content (AvgIpc) is 2.60. The summed E-state index contributed by atoms with van der Waals surface area (Å²) in [5, 5.41) is 0. The third-order valence-electron chi connectivity index (χ3n) is 7.16. The standard InChI is InChI=1S/C23H34N2O2/c1-24(16-23-11-18-7-19(12-23)9-20(8-18)13-23)15-22(26)25(2)14-17-5-4-6-21(10-17)27-3/h4-6,10,18-20H,7-9,11-16H2,1-3H3. The van der Waals surface area contributed by atoms with Crippen LogP contribution in [0.4, 0.5) is 0 Å². The lowest BCUT2D eigenvalue weighted by atomic mass is 9.49. The van der Waals surface area contributed by atoms with Gasteiger partial charge in [0.1, 0.15) is 5.75 Å². The van der Waals surface area contributed by atoms with Crippen molar-refractivity contribution in [3.8, 4) is 5.75 Å². The van der Waals surface area contributed by atoms with Crippen LogP contribution in [-0.2, 0) is 11.3 Å². The SMILES string of the molecule is COc1cccc(CN(C)C(=O)CN(C)CC23CC4CC(CC(C4)C2)C3)c1. The Labute approximate surface area is 163 Å². The maximum atomic E-state index is 12.8. The van der Waals surface area contributed by atoms with Crippen LogP contribution in [0.15, 0.2) is 24.3 Å². The molecule has 4 aliphatic carbocycles. The quantitative estimate of drug-likeness (QED) is 0.732. The average molecular weight is 371 g/mol. The van der Waals surface area contributed by atoms with Gasteiger partial charge in [0, 0.05) is 20.1 Å². The van der Waals surface area contributed by atoms with Gasteiger partial charge >= 0.3 is 0 Å². The molecule has 4 fully saturated rings. The first-order valence-corrected chi connectivity index (χ1v) is 10.5. The zero-order valence-electron chi connectivity index (χ0n) is 17.1. The highest BCUT2D eigenvalue weighted by Gasteiger charge is 2.51. The molecule has 0 heterocycles. The summed E-state index contributed by atoms with van der Waals surface area (Å²) in [6, 6.07) is 7.96. The first kappa shape index (κ1) is 18.8. The van der Waals surface area contributed by atoms with Crippen molar-refractivity contribution in [3.63, 3.8) is 0 Å². The van der Waals surface area contributed by atoms with E-state index in [-0.39, 0.29) is 5.91 Å². The summed E-state index contributed by atoms with van der Waals surface area (Å²) in [4.78, 5) is 16.9. The number of ether oxygens (including phenoxy) is 1. The second-order valence-electron chi connectivity index (χ2n) is 9.69. The third-order valence-corrected chi connectivity index (χ3v) is 7.16. The Kier molecular flexibility index (Phi) is 5.19. The fraction of sp³-hybridized carbons (Fsp3) is 0.696. The summed E-state index contributed by atoms with van der Waals surface area (Å²) in [5.74, 6) is 3.94. The highest BCUT2D eigenvalue weighted by molar-refractivity contribution is 5.78. The molecule has 1 aromatic rings. The van der Waals surface area contributed by atoms with Gasteiger partial charge < -0.3 is 9.64 Å². The molecule has 4 heteroatoms. The van der Waals surface area contributed by atoms with Gasteiger partial charge in [-0.3, -0.25) is 9.69 Å². The monoisotopic (exact) mass is 370 g/mol. The van der Waals surface area contributed by atoms with E-state index in [0.717, 1.165) is 35.6 Å². The second-order valence-corrected chi connectivity index (χ2v) is 9.69. The van der Waals surface area contributed by atoms with Crippen LogP contribution < -0.4 is 4.74 Å². The van der Waals surface area contributed by atoms with Gasteiger partial charge in [0.15, 0.2) is 0 Å². The lowest BCUT2D eigenvalue weighted by Gasteiger charge is -2.57. The van der Waals surface area contributed by atoms with Crippen molar-refractivity contribution < 1.29 is 9.53 Å². The minimum Gasteiger partial charge on any atom is -0.497 e. The third kappa shape index (κ3) is 4.16. The number of carbonyl (C=O) groups excluding carboxylic acids is 1. The summed E-state index contributed by atoms with van der Waals surface area (Å²) < 4.78 is 5.28. The first-order chi connectivity index (χ1) is 12.9. The molecule has 1 amide bonds. The van der Waals surface area contributed by atoms with Crippen LogP contribution in [0.5, 0.6) is 5.75 Å². The van der Waals surface area contributed by atoms with Crippen molar-refractivity contribution in [3.05, 3.63) is 29.8 Å². The molecule has 1 aromatic carbocycles. The van der Waals surface area contributed by atoms with Crippen LogP contribution >= 0.6 is 0 Å². The first-order valence-electron chi connectivity index (χ1n) is 10.5. The Morgan fingerprint density at radius 2 is 1.74 bits per heavy atom. The van der Waals surface area contributed by atoms with Crippen molar-refractivity contribution >= 4 is 5.91 Å². The number of hydrogen-bond donors (Lipinski definition) is 0. The molecule has 0 atom stereocenters. The lowest BCUT2D eigenvalue weighted by Crippen LogP contribution is -2.51. The second kappa shape index (κ2) is 7.46. The largest absolute Gasteiger partial charge is 0.497 e. The minimum atomic E-state index is 0.199. The Morgan fingerprint density at radius 1 is 1.11 bits per heavy atom. The maximum absolute atomic E-state index is 12.8. The van der Waals surface area contributed by atoms with Gasteiger partial charge in [0.25, 0.3) is 0 Å². The van der Waals surface area contributed by atoms with Gasteiger partial charge in [-0.05, 0) is 86.4 Å². The molecule has 5 rings (SSSR count). The van der Waals surface area contributed by atoms with Crippen LogP contribution in [0.3, 0.4) is 0 Å². The molecule has 0 saturated heterocycles. The summed E-state index contributed by atoms with van der Waals surface area (Å²) in [5.41, 5.74) is 1.60. The molecule has 0 unspecified atom stereocenters. The number of amides is 1. The van der Waals surface area contributed by atoms with E-state index in [1.54, 1.807) is 7.11 Å². The predicted molar refractivity (Wildman–Crippen MR) is 108 cm³/mol. The number of benzene rings is 1. The van der Waals surface area contributed by atoms with E-state index in [9.17, 15) is 4.79 Å². The lowest BCUT2D eigenvalue weighted by molar-refractivity contribution is -0.132. The van der Waals surface area contributed by atoms with Crippen LogP contribution in [0.25, 0.3) is 0 Å². The van der Waals surface area contributed by atoms with Gasteiger partial charge in [-0.25, -0.2) is 0 Å². The highest BCUT2D eigenvalue weighted by Crippen LogP contribution is 2.60. The molecule has 0 radical (unpaired) electrons. The van der Waals surface area contributed by atoms with Crippen LogP contribution in [0.1, 0.15) is 44.1 Å². The van der Waals surface area contributed by atoms with E-state index in [2.05, 4.69) is 11.9 Å². The number of carbonyl (C=O) groups is 1. The van der Waals surface area contributed by atoms with Crippen molar-refractivity contribution in [2.75, 3.05) is 34.3 Å². The van der Waals surface area contributed by atoms with Gasteiger partial charge in [0.2, 0.25) is 5.91 Å². The molecule has 4 aliphatic rings. The molecule has 4 nitrogen and oxygen atoms in total. The topological polar surface area (TPSA) is 32.8 Å². The number of methoxy groups -OCH3 is 1. The van der Waals surface area contributed by atoms with E-state index in [4.69, 9.17) is 4.74 Å². The van der Waals surface area contributed by atoms with Crippen molar-refractivity contribution in [2.45, 2.75) is 45.1 Å². The molecule has 0 spiro atoms. The fourth-order valence-electron chi connectivity index (χ4n) is 6.60. The molecule has 0 aromatic heterocycles. The van der Waals surface area contributed by atoms with Gasteiger partial charge in [0.05, 0.1) is 13.7 Å². The Hall–Kier alpha value is -1.55. The van der Waals surface area contributed by atoms with Crippen molar-refractivity contribution in [1.82, 2.24) is 9.80 Å². The molecular weight excluding hydrogens is 336 g/mol. The molecule has 4 bridgehead atoms. The van der Waals surface area contributed by atoms with Crippen LogP contribution in [0, 0.1) is 23.2 Å². The van der Waals surface area contributed by atoms with Crippen LogP contribution in [-0.4, -0.2) is 50.0 Å².